The van der Waals surface area contributed by atoms with Crippen LogP contribution in [-0.4, -0.2) is 72.7 Å². The molecule has 2 rings (SSSR count). The number of hydrogen-bond acceptors (Lipinski definition) is 7. The molecule has 0 saturated carbocycles. The average Bonchev–Trinajstić information content (AvgIpc) is 3.26. The van der Waals surface area contributed by atoms with E-state index < -0.39 is 49.6 Å². The number of rotatable bonds is 11. The van der Waals surface area contributed by atoms with Crippen LogP contribution in [0.25, 0.3) is 10.4 Å². The van der Waals surface area contributed by atoms with Gasteiger partial charge in [-0.05, 0) is 40.2 Å². The molecule has 218 valence electrons. The molecular weight excluding hydrogens is 604 g/mol. The molecule has 1 atom stereocenters. The number of hydrogen-bond donors (Lipinski definition) is 3. The summed E-state index contributed by atoms with van der Waals surface area (Å²) in [6.07, 6.45) is -4.20. The Kier molecular flexibility index (Phi) is 10.8. The van der Waals surface area contributed by atoms with Crippen molar-refractivity contribution < 1.29 is 36.3 Å². The van der Waals surface area contributed by atoms with E-state index in [4.69, 9.17) is 23.2 Å². The number of nitrogens with one attached hydrogen (secondary N) is 2. The highest BCUT2D eigenvalue weighted by Crippen LogP contribution is 2.42. The van der Waals surface area contributed by atoms with E-state index in [1.165, 1.54) is 29.5 Å². The van der Waals surface area contributed by atoms with Crippen LogP contribution in [0.2, 0.25) is 10.0 Å². The van der Waals surface area contributed by atoms with Crippen molar-refractivity contribution in [2.45, 2.75) is 63.8 Å². The molecule has 0 saturated heterocycles. The van der Waals surface area contributed by atoms with Crippen LogP contribution < -0.4 is 10.0 Å². The zero-order valence-corrected chi connectivity index (χ0v) is 24.9. The van der Waals surface area contributed by atoms with Gasteiger partial charge in [0.25, 0.3) is 11.8 Å². The van der Waals surface area contributed by atoms with Crippen LogP contribution in [0.4, 0.5) is 13.2 Å². The molecule has 9 nitrogen and oxygen atoms in total. The fourth-order valence-corrected chi connectivity index (χ4v) is 6.37. The fraction of sp³-hybridized carbons (Fsp3) is 0.522. The van der Waals surface area contributed by atoms with Gasteiger partial charge in [0, 0.05) is 25.2 Å². The van der Waals surface area contributed by atoms with Crippen molar-refractivity contribution in [3.8, 4) is 10.4 Å². The zero-order chi connectivity index (χ0) is 29.9. The van der Waals surface area contributed by atoms with Crippen molar-refractivity contribution in [3.05, 3.63) is 32.9 Å². The zero-order valence-electron chi connectivity index (χ0n) is 21.7. The molecule has 1 unspecified atom stereocenters. The first-order valence-electron chi connectivity index (χ1n) is 11.7. The second kappa shape index (κ2) is 12.7. The van der Waals surface area contributed by atoms with Gasteiger partial charge in [0.15, 0.2) is 5.01 Å². The number of aromatic nitrogens is 1. The first-order chi connectivity index (χ1) is 17.8. The number of nitrogens with zero attached hydrogens (tertiary/aromatic N) is 2. The van der Waals surface area contributed by atoms with Gasteiger partial charge in [-0.25, -0.2) is 13.4 Å². The molecule has 0 bridgehead atoms. The van der Waals surface area contributed by atoms with E-state index >= 15 is 0 Å². The molecule has 16 heteroatoms. The van der Waals surface area contributed by atoms with Crippen molar-refractivity contribution in [1.82, 2.24) is 19.9 Å². The number of alkyl halides is 3. The summed E-state index contributed by atoms with van der Waals surface area (Å²) in [6.45, 7) is 7.86. The van der Waals surface area contributed by atoms with Crippen molar-refractivity contribution in [3.63, 3.8) is 0 Å². The molecule has 39 heavy (non-hydrogen) atoms. The van der Waals surface area contributed by atoms with Crippen LogP contribution in [0.1, 0.15) is 61.3 Å². The van der Waals surface area contributed by atoms with Crippen LogP contribution in [0.15, 0.2) is 17.0 Å². The number of halogens is 5. The Bertz CT molecular complexity index is 1330. The molecule has 2 amide bonds. The molecule has 0 radical (unpaired) electrons. The van der Waals surface area contributed by atoms with E-state index in [9.17, 15) is 36.3 Å². The monoisotopic (exact) mass is 632 g/mol. The Balaban J connectivity index is 2.64. The highest BCUT2D eigenvalue weighted by molar-refractivity contribution is 7.89. The Hall–Kier alpha value is -1.97. The summed E-state index contributed by atoms with van der Waals surface area (Å²) < 4.78 is 65.6. The lowest BCUT2D eigenvalue weighted by Crippen LogP contribution is -2.43. The number of carbonyl (C=O) groups is 2. The number of thiazole rings is 1. The molecule has 0 spiro atoms. The van der Waals surface area contributed by atoms with Crippen LogP contribution in [0, 0.1) is 0 Å². The number of benzene rings is 1. The maximum Gasteiger partial charge on any atom is 0.404 e. The Morgan fingerprint density at radius 3 is 2.31 bits per heavy atom. The molecule has 0 aliphatic heterocycles. The number of sulfonamides is 1. The van der Waals surface area contributed by atoms with E-state index in [-0.39, 0.29) is 32.7 Å². The maximum absolute atomic E-state index is 13.4. The predicted molar refractivity (Wildman–Crippen MR) is 144 cm³/mol. The smallest absolute Gasteiger partial charge is 0.389 e. The summed E-state index contributed by atoms with van der Waals surface area (Å²) in [4.78, 5) is 31.2. The van der Waals surface area contributed by atoms with E-state index in [1.54, 1.807) is 6.92 Å². The van der Waals surface area contributed by atoms with Crippen molar-refractivity contribution in [2.24, 2.45) is 0 Å². The quantitative estimate of drug-likeness (QED) is 0.329. The largest absolute Gasteiger partial charge is 0.404 e. The fourth-order valence-electron chi connectivity index (χ4n) is 3.22. The van der Waals surface area contributed by atoms with Gasteiger partial charge in [0.2, 0.25) is 10.0 Å². The van der Waals surface area contributed by atoms with Crippen LogP contribution in [0.3, 0.4) is 0 Å². The molecule has 1 aromatic carbocycles. The lowest BCUT2D eigenvalue weighted by Gasteiger charge is -2.20. The van der Waals surface area contributed by atoms with Crippen molar-refractivity contribution in [2.75, 3.05) is 19.6 Å². The average molecular weight is 634 g/mol. The summed E-state index contributed by atoms with van der Waals surface area (Å²) in [5.41, 5.74) is -1.30. The van der Waals surface area contributed by atoms with E-state index in [2.05, 4.69) is 10.3 Å². The summed E-state index contributed by atoms with van der Waals surface area (Å²) in [5, 5.41) is 11.4. The summed E-state index contributed by atoms with van der Waals surface area (Å²) in [6, 6.07) is -0.258. The third-order valence-corrected chi connectivity index (χ3v) is 8.94. The standard InChI is InChI=1S/C23H29Cl2F3N4O5S2/c1-6-10-32(7-2)21(34)17-18(38-20(30-17)19(33)29-11-22(4,5)35)13-8-9-14(16(25)15(13)24)39(36,37)31-12(3)23(26,27)28/h8-9,12,31,35H,6-7,10-11H2,1-5H3,(H,29,33). The summed E-state index contributed by atoms with van der Waals surface area (Å²) >= 11 is 13.4. The lowest BCUT2D eigenvalue weighted by atomic mass is 10.1. The minimum Gasteiger partial charge on any atom is -0.389 e. The normalized spacial score (nSPS) is 13.3. The molecule has 0 aliphatic carbocycles. The first-order valence-corrected chi connectivity index (χ1v) is 14.8. The number of carbonyl (C=O) groups excluding carboxylic acids is 2. The molecular formula is C23H29Cl2F3N4O5S2. The van der Waals surface area contributed by atoms with Crippen LogP contribution in [0.5, 0.6) is 0 Å². The molecule has 2 aromatic rings. The number of aliphatic hydroxyl groups is 1. The van der Waals surface area contributed by atoms with Gasteiger partial charge in [-0.1, -0.05) is 36.2 Å². The highest BCUT2D eigenvalue weighted by Gasteiger charge is 2.39. The topological polar surface area (TPSA) is 129 Å². The number of amides is 2. The second-order valence-corrected chi connectivity index (χ2v) is 12.6. The molecule has 0 aliphatic rings. The van der Waals surface area contributed by atoms with Crippen LogP contribution in [-0.2, 0) is 10.0 Å². The van der Waals surface area contributed by atoms with Gasteiger partial charge < -0.3 is 15.3 Å². The summed E-state index contributed by atoms with van der Waals surface area (Å²) in [5.74, 6) is -1.19. The molecule has 1 aromatic heterocycles. The van der Waals surface area contributed by atoms with Gasteiger partial charge in [-0.3, -0.25) is 9.59 Å². The minimum atomic E-state index is -4.84. The van der Waals surface area contributed by atoms with E-state index in [0.29, 0.717) is 26.4 Å². The second-order valence-electron chi connectivity index (χ2n) is 9.20. The van der Waals surface area contributed by atoms with E-state index in [1.807, 2.05) is 6.92 Å². The Morgan fingerprint density at radius 2 is 1.79 bits per heavy atom. The molecule has 3 N–H and O–H groups in total. The predicted octanol–water partition coefficient (Wildman–Crippen LogP) is 4.72. The minimum absolute atomic E-state index is 0.0550. The Labute approximate surface area is 238 Å². The van der Waals surface area contributed by atoms with E-state index in [0.717, 1.165) is 17.4 Å². The Morgan fingerprint density at radius 1 is 1.18 bits per heavy atom. The maximum atomic E-state index is 13.4. The van der Waals surface area contributed by atoms with Crippen LogP contribution >= 0.6 is 34.5 Å². The van der Waals surface area contributed by atoms with Gasteiger partial charge in [-0.15, -0.1) is 11.3 Å². The highest BCUT2D eigenvalue weighted by atomic mass is 35.5. The lowest BCUT2D eigenvalue weighted by molar-refractivity contribution is -0.147. The first kappa shape index (κ1) is 33.2. The van der Waals surface area contributed by atoms with Gasteiger partial charge in [0.1, 0.15) is 16.6 Å². The van der Waals surface area contributed by atoms with Gasteiger partial charge >= 0.3 is 6.18 Å². The van der Waals surface area contributed by atoms with Crippen molar-refractivity contribution >= 4 is 56.4 Å². The summed E-state index contributed by atoms with van der Waals surface area (Å²) in [7, 11) is -4.74. The molecule has 0 fully saturated rings. The third-order valence-electron chi connectivity index (χ3n) is 5.27. The molecule has 1 heterocycles. The van der Waals surface area contributed by atoms with Gasteiger partial charge in [0.05, 0.1) is 20.5 Å². The SMILES string of the molecule is CCCN(CC)C(=O)c1nc(C(=O)NCC(C)(C)O)sc1-c1ccc(S(=O)(=O)NC(C)C(F)(F)F)c(Cl)c1Cl. The third kappa shape index (κ3) is 8.27. The van der Waals surface area contributed by atoms with Gasteiger partial charge in [-0.2, -0.15) is 17.9 Å². The van der Waals surface area contributed by atoms with Crippen molar-refractivity contribution in [1.29, 1.82) is 0 Å².